The topological polar surface area (TPSA) is 75.4 Å². The minimum atomic E-state index is -1.03. The third-order valence-electron chi connectivity index (χ3n) is 3.98. The number of nitrogens with two attached hydrogens (primary N) is 1. The number of hydrogen-bond donors (Lipinski definition) is 2. The Hall–Kier alpha value is -2.02. The van der Waals surface area contributed by atoms with E-state index >= 15 is 0 Å². The predicted octanol–water partition coefficient (Wildman–Crippen LogP) is 1.66. The molecule has 1 aliphatic rings. The predicted molar refractivity (Wildman–Crippen MR) is 83.0 cm³/mol. The minimum absolute atomic E-state index is 0.220. The molecule has 7 heteroatoms. The highest BCUT2D eigenvalue weighted by Crippen LogP contribution is 2.33. The van der Waals surface area contributed by atoms with Crippen molar-refractivity contribution < 1.29 is 18.4 Å². The van der Waals surface area contributed by atoms with Crippen LogP contribution < -0.4 is 16.0 Å². The molecule has 2 amide bonds. The van der Waals surface area contributed by atoms with E-state index in [2.05, 4.69) is 0 Å². The van der Waals surface area contributed by atoms with Gasteiger partial charge in [0.1, 0.15) is 11.6 Å². The lowest BCUT2D eigenvalue weighted by molar-refractivity contribution is -0.126. The van der Waals surface area contributed by atoms with Crippen molar-refractivity contribution in [1.29, 1.82) is 0 Å². The van der Waals surface area contributed by atoms with Gasteiger partial charge < -0.3 is 10.6 Å². The van der Waals surface area contributed by atoms with E-state index in [4.69, 9.17) is 5.73 Å². The van der Waals surface area contributed by atoms with Crippen molar-refractivity contribution in [2.24, 2.45) is 5.73 Å². The molecule has 1 atom stereocenters. The van der Waals surface area contributed by atoms with Gasteiger partial charge in [-0.1, -0.05) is 13.3 Å². The summed E-state index contributed by atoms with van der Waals surface area (Å²) in [6.45, 7) is 4.68. The second kappa shape index (κ2) is 6.62. The zero-order valence-corrected chi connectivity index (χ0v) is 13.2. The third-order valence-corrected chi connectivity index (χ3v) is 3.98. The third kappa shape index (κ3) is 3.67. The van der Waals surface area contributed by atoms with Crippen LogP contribution in [0.5, 0.6) is 0 Å². The Morgan fingerprint density at radius 2 is 2.00 bits per heavy atom. The molecule has 1 fully saturated rings. The van der Waals surface area contributed by atoms with Crippen molar-refractivity contribution in [1.82, 2.24) is 5.32 Å². The lowest BCUT2D eigenvalue weighted by Gasteiger charge is -2.47. The first-order valence-corrected chi connectivity index (χ1v) is 7.56. The molecular formula is C16H21F2N3O2. The van der Waals surface area contributed by atoms with Crippen LogP contribution in [-0.2, 0) is 9.59 Å². The molecule has 0 aliphatic carbocycles. The number of carbonyl (C=O) groups is 2. The average Bonchev–Trinajstić information content (AvgIpc) is 2.43. The number of benzene rings is 1. The monoisotopic (exact) mass is 325 g/mol. The molecule has 1 heterocycles. The van der Waals surface area contributed by atoms with Gasteiger partial charge in [0.15, 0.2) is 0 Å². The quantitative estimate of drug-likeness (QED) is 0.780. The summed E-state index contributed by atoms with van der Waals surface area (Å²) in [5, 5.41) is 1.97. The number of hydrogen-bond acceptors (Lipinski definition) is 4. The Labute approximate surface area is 133 Å². The Morgan fingerprint density at radius 3 is 2.43 bits per heavy atom. The molecule has 1 aromatic carbocycles. The van der Waals surface area contributed by atoms with Gasteiger partial charge in [0.05, 0.1) is 5.92 Å². The van der Waals surface area contributed by atoms with Crippen molar-refractivity contribution in [3.63, 3.8) is 0 Å². The standard InChI is InChI=1S/C16H21F2N3O2/c1-3-4-11(15(23)20-9-22)14-12(17)5-10(6-13(14)18)21-7-16(2,19)8-21/h5-6,9,11H,3-4,7-8,19H2,1-2H3,(H,20,22,23). The molecular weight excluding hydrogens is 304 g/mol. The van der Waals surface area contributed by atoms with Crippen molar-refractivity contribution in [3.05, 3.63) is 29.3 Å². The van der Waals surface area contributed by atoms with E-state index < -0.39 is 23.5 Å². The van der Waals surface area contributed by atoms with Crippen LogP contribution in [0.1, 0.15) is 38.2 Å². The average molecular weight is 325 g/mol. The lowest BCUT2D eigenvalue weighted by Crippen LogP contribution is -2.65. The van der Waals surface area contributed by atoms with E-state index in [1.165, 1.54) is 12.1 Å². The maximum atomic E-state index is 14.4. The molecule has 126 valence electrons. The fraction of sp³-hybridized carbons (Fsp3) is 0.500. The fourth-order valence-corrected chi connectivity index (χ4v) is 2.95. The molecule has 1 aromatic rings. The molecule has 0 saturated carbocycles. The molecule has 1 unspecified atom stereocenters. The van der Waals surface area contributed by atoms with Crippen LogP contribution in [0.25, 0.3) is 0 Å². The summed E-state index contributed by atoms with van der Waals surface area (Å²) < 4.78 is 28.9. The number of amides is 2. The molecule has 3 N–H and O–H groups in total. The Bertz CT molecular complexity index is 588. The van der Waals surface area contributed by atoms with Gasteiger partial charge >= 0.3 is 0 Å². The molecule has 0 spiro atoms. The van der Waals surface area contributed by atoms with E-state index in [0.717, 1.165) is 0 Å². The van der Waals surface area contributed by atoms with Gasteiger partial charge in [-0.3, -0.25) is 14.9 Å². The van der Waals surface area contributed by atoms with Crippen LogP contribution in [0.3, 0.4) is 0 Å². The van der Waals surface area contributed by atoms with Crippen molar-refractivity contribution >= 4 is 18.0 Å². The van der Waals surface area contributed by atoms with Gasteiger partial charge in [0.2, 0.25) is 12.3 Å². The zero-order valence-electron chi connectivity index (χ0n) is 13.2. The highest BCUT2D eigenvalue weighted by Gasteiger charge is 2.36. The largest absolute Gasteiger partial charge is 0.368 e. The highest BCUT2D eigenvalue weighted by atomic mass is 19.1. The summed E-state index contributed by atoms with van der Waals surface area (Å²) in [6, 6.07) is 2.43. The molecule has 0 aromatic heterocycles. The van der Waals surface area contributed by atoms with E-state index in [1.54, 1.807) is 11.8 Å². The number of nitrogens with one attached hydrogen (secondary N) is 1. The van der Waals surface area contributed by atoms with E-state index in [0.29, 0.717) is 25.2 Å². The molecule has 0 radical (unpaired) electrons. The number of carbonyl (C=O) groups excluding carboxylic acids is 2. The van der Waals surface area contributed by atoms with Gasteiger partial charge in [-0.2, -0.15) is 0 Å². The van der Waals surface area contributed by atoms with Gasteiger partial charge in [-0.15, -0.1) is 0 Å². The summed E-state index contributed by atoms with van der Waals surface area (Å²) in [6.07, 6.45) is 1.02. The normalized spacial score (nSPS) is 17.3. The minimum Gasteiger partial charge on any atom is -0.368 e. The Kier molecular flexibility index (Phi) is 4.99. The summed E-state index contributed by atoms with van der Waals surface area (Å²) in [4.78, 5) is 24.1. The molecule has 23 heavy (non-hydrogen) atoms. The number of nitrogens with zero attached hydrogens (tertiary/aromatic N) is 1. The highest BCUT2D eigenvalue weighted by molar-refractivity contribution is 5.91. The van der Waals surface area contributed by atoms with Crippen LogP contribution in [0.4, 0.5) is 14.5 Å². The second-order valence-corrected chi connectivity index (χ2v) is 6.30. The first-order valence-electron chi connectivity index (χ1n) is 7.56. The maximum Gasteiger partial charge on any atom is 0.234 e. The number of anilines is 1. The van der Waals surface area contributed by atoms with Crippen LogP contribution >= 0.6 is 0 Å². The van der Waals surface area contributed by atoms with Crippen molar-refractivity contribution in [2.45, 2.75) is 38.1 Å². The van der Waals surface area contributed by atoms with Crippen molar-refractivity contribution in [2.75, 3.05) is 18.0 Å². The first-order chi connectivity index (χ1) is 10.8. The van der Waals surface area contributed by atoms with Gasteiger partial charge in [-0.25, -0.2) is 8.78 Å². The maximum absolute atomic E-state index is 14.4. The van der Waals surface area contributed by atoms with Gasteiger partial charge in [0.25, 0.3) is 0 Å². The van der Waals surface area contributed by atoms with Crippen LogP contribution in [0.2, 0.25) is 0 Å². The summed E-state index contributed by atoms with van der Waals surface area (Å²) >= 11 is 0. The smallest absolute Gasteiger partial charge is 0.234 e. The van der Waals surface area contributed by atoms with Gasteiger partial charge in [-0.05, 0) is 25.5 Å². The summed E-state index contributed by atoms with van der Waals surface area (Å²) in [7, 11) is 0. The molecule has 1 saturated heterocycles. The van der Waals surface area contributed by atoms with E-state index in [1.807, 2.05) is 12.2 Å². The zero-order chi connectivity index (χ0) is 17.2. The summed E-state index contributed by atoms with van der Waals surface area (Å²) in [5.41, 5.74) is 5.64. The van der Waals surface area contributed by atoms with Crippen molar-refractivity contribution in [3.8, 4) is 0 Å². The Balaban J connectivity index is 2.31. The van der Waals surface area contributed by atoms with E-state index in [-0.39, 0.29) is 23.9 Å². The SMILES string of the molecule is CCCC(C(=O)NC=O)c1c(F)cc(N2CC(C)(N)C2)cc1F. The number of rotatable bonds is 6. The van der Waals surface area contributed by atoms with Crippen LogP contribution in [0.15, 0.2) is 12.1 Å². The van der Waals surface area contributed by atoms with Gasteiger partial charge in [0, 0.05) is 29.9 Å². The Morgan fingerprint density at radius 1 is 1.43 bits per heavy atom. The molecule has 1 aliphatic heterocycles. The molecule has 0 bridgehead atoms. The molecule has 5 nitrogen and oxygen atoms in total. The van der Waals surface area contributed by atoms with Crippen LogP contribution in [0, 0.1) is 11.6 Å². The number of halogens is 2. The lowest BCUT2D eigenvalue weighted by atomic mass is 9.90. The van der Waals surface area contributed by atoms with Crippen LogP contribution in [-0.4, -0.2) is 30.9 Å². The fourth-order valence-electron chi connectivity index (χ4n) is 2.95. The second-order valence-electron chi connectivity index (χ2n) is 6.30. The van der Waals surface area contributed by atoms with E-state index in [9.17, 15) is 18.4 Å². The molecule has 2 rings (SSSR count). The number of imide groups is 1. The first kappa shape index (κ1) is 17.3. The summed E-state index contributed by atoms with van der Waals surface area (Å²) in [5.74, 6) is -3.31.